The van der Waals surface area contributed by atoms with Crippen LogP contribution in [0.3, 0.4) is 0 Å². The maximum Gasteiger partial charge on any atom is 0.319 e. The highest BCUT2D eigenvalue weighted by molar-refractivity contribution is 5.78. The Morgan fingerprint density at radius 2 is 1.71 bits per heavy atom. The number of halogens is 2. The van der Waals surface area contributed by atoms with E-state index in [0.29, 0.717) is 5.57 Å². The summed E-state index contributed by atoms with van der Waals surface area (Å²) in [6, 6.07) is 12.5. The summed E-state index contributed by atoms with van der Waals surface area (Å²) in [5, 5.41) is 9.20. The second kappa shape index (κ2) is 13.3. The minimum atomic E-state index is -0.568. The number of rotatable bonds is 7. The summed E-state index contributed by atoms with van der Waals surface area (Å²) in [5.74, 6) is -1.42. The highest BCUT2D eigenvalue weighted by atomic mass is 19.1. The number of benzene rings is 2. The van der Waals surface area contributed by atoms with Crippen molar-refractivity contribution in [1.29, 1.82) is 0 Å². The predicted octanol–water partition coefficient (Wildman–Crippen LogP) is 5.32. The molecule has 0 aliphatic rings. The third kappa shape index (κ3) is 7.98. The minimum absolute atomic E-state index is 0.0910. The average Bonchev–Trinajstić information content (AvgIpc) is 2.78. The molecule has 0 fully saturated rings. The molecule has 2 aromatic carbocycles. The van der Waals surface area contributed by atoms with Crippen LogP contribution in [0.15, 0.2) is 66.8 Å². The highest BCUT2D eigenvalue weighted by Crippen LogP contribution is 2.27. The zero-order chi connectivity index (χ0) is 23.4. The molecule has 1 atom stereocenters. The molecule has 0 saturated carbocycles. The molecule has 4 nitrogen and oxygen atoms in total. The largest absolute Gasteiger partial charge is 0.392 e. The molecule has 2 aromatic rings. The van der Waals surface area contributed by atoms with Crippen LogP contribution in [-0.2, 0) is 0 Å². The van der Waals surface area contributed by atoms with Gasteiger partial charge in [-0.25, -0.2) is 13.6 Å². The molecule has 1 N–H and O–H groups in total. The van der Waals surface area contributed by atoms with Crippen molar-refractivity contribution in [3.05, 3.63) is 89.5 Å². The first-order valence-electron chi connectivity index (χ1n) is 10.2. The van der Waals surface area contributed by atoms with E-state index in [2.05, 4.69) is 0 Å². The second-order valence-corrected chi connectivity index (χ2v) is 6.90. The number of likely N-dealkylation sites (N-methyl/N-ethyl adjacent to an activating group) is 1. The van der Waals surface area contributed by atoms with Crippen molar-refractivity contribution >= 4 is 11.6 Å². The predicted molar refractivity (Wildman–Crippen MR) is 123 cm³/mol. The Morgan fingerprint density at radius 3 is 2.29 bits per heavy atom. The zero-order valence-electron chi connectivity index (χ0n) is 18.8. The Hall–Kier alpha value is -2.99. The van der Waals surface area contributed by atoms with E-state index in [0.717, 1.165) is 23.8 Å². The van der Waals surface area contributed by atoms with Crippen molar-refractivity contribution in [2.75, 3.05) is 34.3 Å². The Morgan fingerprint density at radius 1 is 1.06 bits per heavy atom. The Kier molecular flexibility index (Phi) is 11.2. The molecule has 0 heterocycles. The van der Waals surface area contributed by atoms with Gasteiger partial charge in [-0.15, -0.1) is 0 Å². The van der Waals surface area contributed by atoms with Crippen molar-refractivity contribution in [1.82, 2.24) is 9.80 Å². The first-order chi connectivity index (χ1) is 14.8. The first kappa shape index (κ1) is 26.0. The minimum Gasteiger partial charge on any atom is -0.392 e. The Bertz CT molecular complexity index is 880. The van der Waals surface area contributed by atoms with Gasteiger partial charge in [0, 0.05) is 39.2 Å². The van der Waals surface area contributed by atoms with Gasteiger partial charge in [0.2, 0.25) is 0 Å². The molecule has 31 heavy (non-hydrogen) atoms. The average molecular weight is 431 g/mol. The van der Waals surface area contributed by atoms with Gasteiger partial charge < -0.3 is 14.9 Å². The van der Waals surface area contributed by atoms with Gasteiger partial charge in [-0.2, -0.15) is 0 Å². The number of aliphatic hydroxyl groups is 1. The standard InChI is InChI=1S/C23H26F2N2O2.C2H6/c1-26(2)23(29)27(3)16-19(21-15-20(24)11-12-22(21)25)14-18(10-7-13-28)17-8-5-4-6-9-17;1-2/h4-12,14-15,18,28H,13,16H2,1-3H3;1-2H3/b10-7+,19-14+;. The lowest BCUT2D eigenvalue weighted by Crippen LogP contribution is -2.37. The maximum atomic E-state index is 14.6. The molecule has 0 bridgehead atoms. The molecular formula is C25H32F2N2O2. The van der Waals surface area contributed by atoms with Crippen LogP contribution in [0.5, 0.6) is 0 Å². The van der Waals surface area contributed by atoms with Crippen molar-refractivity contribution in [2.24, 2.45) is 0 Å². The van der Waals surface area contributed by atoms with Crippen LogP contribution < -0.4 is 0 Å². The molecule has 2 rings (SSSR count). The molecule has 1 unspecified atom stereocenters. The maximum absolute atomic E-state index is 14.6. The third-order valence-corrected chi connectivity index (χ3v) is 4.41. The van der Waals surface area contributed by atoms with E-state index >= 15 is 0 Å². The van der Waals surface area contributed by atoms with Crippen molar-refractivity contribution in [3.8, 4) is 0 Å². The van der Waals surface area contributed by atoms with E-state index in [9.17, 15) is 18.7 Å². The quantitative estimate of drug-likeness (QED) is 0.604. The van der Waals surface area contributed by atoms with Crippen molar-refractivity contribution in [2.45, 2.75) is 19.8 Å². The van der Waals surface area contributed by atoms with E-state index < -0.39 is 11.6 Å². The van der Waals surface area contributed by atoms with Gasteiger partial charge >= 0.3 is 6.03 Å². The van der Waals surface area contributed by atoms with E-state index in [1.807, 2.05) is 44.2 Å². The normalized spacial score (nSPS) is 12.2. The lowest BCUT2D eigenvalue weighted by molar-refractivity contribution is 0.187. The van der Waals surface area contributed by atoms with Crippen LogP contribution in [0, 0.1) is 11.6 Å². The number of urea groups is 1. The fourth-order valence-electron chi connectivity index (χ4n) is 3.00. The highest BCUT2D eigenvalue weighted by Gasteiger charge is 2.18. The molecule has 2 amide bonds. The third-order valence-electron chi connectivity index (χ3n) is 4.41. The number of amides is 2. The molecule has 0 aliphatic heterocycles. The van der Waals surface area contributed by atoms with Crippen LogP contribution in [0.1, 0.15) is 30.9 Å². The molecule has 0 spiro atoms. The molecule has 0 aromatic heterocycles. The number of hydrogen-bond acceptors (Lipinski definition) is 2. The number of nitrogens with zero attached hydrogens (tertiary/aromatic N) is 2. The molecule has 0 radical (unpaired) electrons. The summed E-state index contributed by atoms with van der Waals surface area (Å²) in [5.41, 5.74) is 1.49. The van der Waals surface area contributed by atoms with Gasteiger partial charge in [-0.3, -0.25) is 0 Å². The summed E-state index contributed by atoms with van der Waals surface area (Å²) >= 11 is 0. The zero-order valence-corrected chi connectivity index (χ0v) is 18.8. The summed E-state index contributed by atoms with van der Waals surface area (Å²) in [4.78, 5) is 15.2. The smallest absolute Gasteiger partial charge is 0.319 e. The second-order valence-electron chi connectivity index (χ2n) is 6.90. The number of carbonyl (C=O) groups is 1. The van der Waals surface area contributed by atoms with Gasteiger partial charge in [0.1, 0.15) is 11.6 Å². The fraction of sp³-hybridized carbons (Fsp3) is 0.320. The van der Waals surface area contributed by atoms with Crippen LogP contribution in [0.2, 0.25) is 0 Å². The number of hydrogen-bond donors (Lipinski definition) is 1. The summed E-state index contributed by atoms with van der Waals surface area (Å²) in [6.45, 7) is 3.95. The number of aliphatic hydroxyl groups excluding tert-OH is 1. The lowest BCUT2D eigenvalue weighted by Gasteiger charge is -2.24. The van der Waals surface area contributed by atoms with Crippen LogP contribution in [-0.4, -0.2) is 55.2 Å². The summed E-state index contributed by atoms with van der Waals surface area (Å²) < 4.78 is 28.4. The van der Waals surface area contributed by atoms with E-state index in [1.165, 1.54) is 9.80 Å². The van der Waals surface area contributed by atoms with Gasteiger partial charge in [0.25, 0.3) is 0 Å². The Balaban J connectivity index is 0.00000233. The summed E-state index contributed by atoms with van der Waals surface area (Å²) in [7, 11) is 4.86. The summed E-state index contributed by atoms with van der Waals surface area (Å²) in [6.07, 6.45) is 5.18. The van der Waals surface area contributed by atoms with E-state index in [4.69, 9.17) is 0 Å². The first-order valence-corrected chi connectivity index (χ1v) is 10.2. The molecule has 0 saturated heterocycles. The van der Waals surface area contributed by atoms with Gasteiger partial charge in [0.05, 0.1) is 6.61 Å². The fourth-order valence-corrected chi connectivity index (χ4v) is 3.00. The van der Waals surface area contributed by atoms with E-state index in [-0.39, 0.29) is 30.7 Å². The topological polar surface area (TPSA) is 43.8 Å². The van der Waals surface area contributed by atoms with Crippen LogP contribution in [0.25, 0.3) is 5.57 Å². The molecular weight excluding hydrogens is 398 g/mol. The van der Waals surface area contributed by atoms with Crippen LogP contribution in [0.4, 0.5) is 13.6 Å². The lowest BCUT2D eigenvalue weighted by atomic mass is 9.93. The SMILES string of the molecule is CC.CN(C)C(=O)N(C)C/C(=C\C(/C=C/CO)c1ccccc1)c1cc(F)ccc1F. The van der Waals surface area contributed by atoms with Crippen molar-refractivity contribution in [3.63, 3.8) is 0 Å². The Labute approximate surface area is 184 Å². The van der Waals surface area contributed by atoms with E-state index in [1.54, 1.807) is 39.4 Å². The number of allylic oxidation sites excluding steroid dienone is 2. The molecule has 6 heteroatoms. The molecule has 0 aliphatic carbocycles. The van der Waals surface area contributed by atoms with Gasteiger partial charge in [0.15, 0.2) is 0 Å². The van der Waals surface area contributed by atoms with Gasteiger partial charge in [-0.05, 0) is 29.3 Å². The number of carbonyl (C=O) groups excluding carboxylic acids is 1. The van der Waals surface area contributed by atoms with Crippen molar-refractivity contribution < 1.29 is 18.7 Å². The molecule has 168 valence electrons. The van der Waals surface area contributed by atoms with Crippen LogP contribution >= 0.6 is 0 Å². The monoisotopic (exact) mass is 430 g/mol. The van der Waals surface area contributed by atoms with Gasteiger partial charge in [-0.1, -0.05) is 62.4 Å².